The Labute approximate surface area is 94.5 Å². The van der Waals surface area contributed by atoms with Gasteiger partial charge in [-0.25, -0.2) is 0 Å². The largest absolute Gasteiger partial charge is 0.480 e. The van der Waals surface area contributed by atoms with Crippen molar-refractivity contribution in [2.45, 2.75) is 23.8 Å². The summed E-state index contributed by atoms with van der Waals surface area (Å²) in [6.07, 6.45) is 0.398. The highest BCUT2D eigenvalue weighted by molar-refractivity contribution is 8.00. The van der Waals surface area contributed by atoms with Crippen molar-refractivity contribution in [3.63, 3.8) is 0 Å². The number of aromatic amines is 1. The number of carboxylic acids is 1. The molecule has 0 radical (unpaired) electrons. The van der Waals surface area contributed by atoms with E-state index in [2.05, 4.69) is 10.1 Å². The second-order valence-corrected chi connectivity index (χ2v) is 4.22. The van der Waals surface area contributed by atoms with Crippen molar-refractivity contribution in [1.82, 2.24) is 14.8 Å². The van der Waals surface area contributed by atoms with Gasteiger partial charge in [-0.05, 0) is 6.42 Å². The Kier molecular flexibility index (Phi) is 3.88. The molecule has 0 aliphatic heterocycles. The molecule has 0 aromatic carbocycles. The van der Waals surface area contributed by atoms with Crippen LogP contribution >= 0.6 is 11.8 Å². The molecule has 0 aliphatic rings. The molecule has 88 valence electrons. The minimum atomic E-state index is -0.979. The number of rotatable bonds is 4. The van der Waals surface area contributed by atoms with Crippen LogP contribution in [0.1, 0.15) is 13.3 Å². The van der Waals surface area contributed by atoms with E-state index >= 15 is 0 Å². The number of aliphatic carboxylic acids is 1. The van der Waals surface area contributed by atoms with E-state index < -0.39 is 22.3 Å². The lowest BCUT2D eigenvalue weighted by molar-refractivity contribution is -0.136. The molecule has 1 unspecified atom stereocenters. The Morgan fingerprint density at radius 2 is 2.25 bits per heavy atom. The number of nitrogens with one attached hydrogen (secondary N) is 1. The maximum atomic E-state index is 11.0. The summed E-state index contributed by atoms with van der Waals surface area (Å²) in [6, 6.07) is 0. The summed E-state index contributed by atoms with van der Waals surface area (Å²) in [5.74, 6) is -0.979. The van der Waals surface area contributed by atoms with Crippen LogP contribution in [-0.4, -0.2) is 31.1 Å². The predicted octanol–water partition coefficient (Wildman–Crippen LogP) is -0.576. The molecule has 0 bridgehead atoms. The van der Waals surface area contributed by atoms with Gasteiger partial charge in [-0.1, -0.05) is 18.7 Å². The Bertz CT molecular complexity index is 507. The highest BCUT2D eigenvalue weighted by Crippen LogP contribution is 2.21. The Hall–Kier alpha value is -1.57. The molecular formula is C8H11N3O4S. The maximum absolute atomic E-state index is 11.0. The summed E-state index contributed by atoms with van der Waals surface area (Å²) in [4.78, 5) is 36.2. The zero-order valence-corrected chi connectivity index (χ0v) is 9.58. The van der Waals surface area contributed by atoms with Crippen LogP contribution in [0.15, 0.2) is 14.7 Å². The average molecular weight is 245 g/mol. The molecule has 2 N–H and O–H groups in total. The standard InChI is InChI=1S/C8H11N3O4S/c1-3-4(7(14)15)16-8-9-5(12)6(13)10-11(8)2/h4H,3H2,1-2H3,(H,10,13)(H,14,15). The van der Waals surface area contributed by atoms with Gasteiger partial charge in [0, 0.05) is 7.05 Å². The van der Waals surface area contributed by atoms with Gasteiger partial charge >= 0.3 is 17.1 Å². The van der Waals surface area contributed by atoms with Crippen LogP contribution in [0.4, 0.5) is 0 Å². The number of hydrogen-bond donors (Lipinski definition) is 2. The summed E-state index contributed by atoms with van der Waals surface area (Å²) < 4.78 is 1.24. The summed E-state index contributed by atoms with van der Waals surface area (Å²) in [7, 11) is 1.49. The number of hydrogen-bond acceptors (Lipinski definition) is 5. The highest BCUT2D eigenvalue weighted by atomic mass is 32.2. The van der Waals surface area contributed by atoms with E-state index in [-0.39, 0.29) is 5.16 Å². The number of carboxylic acid groups (broad SMARTS) is 1. The number of aromatic nitrogens is 3. The monoisotopic (exact) mass is 245 g/mol. The summed E-state index contributed by atoms with van der Waals surface area (Å²) >= 11 is 0.928. The second kappa shape index (κ2) is 4.97. The van der Waals surface area contributed by atoms with E-state index in [1.807, 2.05) is 0 Å². The Morgan fingerprint density at radius 1 is 1.62 bits per heavy atom. The number of aryl methyl sites for hydroxylation is 1. The van der Waals surface area contributed by atoms with Crippen molar-refractivity contribution in [2.24, 2.45) is 7.05 Å². The Morgan fingerprint density at radius 3 is 2.75 bits per heavy atom. The summed E-state index contributed by atoms with van der Waals surface area (Å²) in [5, 5.41) is 10.6. The van der Waals surface area contributed by atoms with Gasteiger partial charge in [0.2, 0.25) is 0 Å². The van der Waals surface area contributed by atoms with Gasteiger partial charge < -0.3 is 5.11 Å². The molecule has 1 atom stereocenters. The molecule has 7 nitrogen and oxygen atoms in total. The van der Waals surface area contributed by atoms with Crippen LogP contribution in [0.25, 0.3) is 0 Å². The van der Waals surface area contributed by atoms with Crippen LogP contribution < -0.4 is 11.1 Å². The first-order valence-corrected chi connectivity index (χ1v) is 5.40. The number of carbonyl (C=O) groups is 1. The highest BCUT2D eigenvalue weighted by Gasteiger charge is 2.19. The topological polar surface area (TPSA) is 105 Å². The van der Waals surface area contributed by atoms with Gasteiger partial charge in [-0.15, -0.1) is 0 Å². The van der Waals surface area contributed by atoms with Gasteiger partial charge in [-0.3, -0.25) is 24.2 Å². The molecule has 0 saturated heterocycles. The second-order valence-electron chi connectivity index (χ2n) is 3.05. The molecule has 0 fully saturated rings. The van der Waals surface area contributed by atoms with Gasteiger partial charge in [0.25, 0.3) is 0 Å². The van der Waals surface area contributed by atoms with Crippen LogP contribution in [0.5, 0.6) is 0 Å². The fourth-order valence-electron chi connectivity index (χ4n) is 1.00. The Balaban J connectivity index is 3.06. The van der Waals surface area contributed by atoms with Crippen molar-refractivity contribution < 1.29 is 9.90 Å². The molecular weight excluding hydrogens is 234 g/mol. The van der Waals surface area contributed by atoms with Crippen molar-refractivity contribution in [2.75, 3.05) is 0 Å². The lowest BCUT2D eigenvalue weighted by atomic mass is 10.3. The molecule has 0 saturated carbocycles. The van der Waals surface area contributed by atoms with Crippen molar-refractivity contribution >= 4 is 17.7 Å². The predicted molar refractivity (Wildman–Crippen MR) is 57.7 cm³/mol. The third-order valence-corrected chi connectivity index (χ3v) is 3.24. The van der Waals surface area contributed by atoms with Gasteiger partial charge in [0.05, 0.1) is 0 Å². The van der Waals surface area contributed by atoms with E-state index in [0.29, 0.717) is 6.42 Å². The first kappa shape index (κ1) is 12.5. The molecule has 1 rings (SSSR count). The zero-order chi connectivity index (χ0) is 12.3. The lowest BCUT2D eigenvalue weighted by Gasteiger charge is -2.10. The summed E-state index contributed by atoms with van der Waals surface area (Å²) in [6.45, 7) is 1.72. The van der Waals surface area contributed by atoms with E-state index in [1.54, 1.807) is 6.92 Å². The van der Waals surface area contributed by atoms with Crippen molar-refractivity contribution in [1.29, 1.82) is 0 Å². The van der Waals surface area contributed by atoms with Crippen LogP contribution in [-0.2, 0) is 11.8 Å². The van der Waals surface area contributed by atoms with Crippen LogP contribution in [0, 0.1) is 0 Å². The third kappa shape index (κ3) is 2.72. The molecule has 0 amide bonds. The minimum Gasteiger partial charge on any atom is -0.480 e. The van der Waals surface area contributed by atoms with Crippen LogP contribution in [0.2, 0.25) is 0 Å². The molecule has 1 aromatic rings. The number of thioether (sulfide) groups is 1. The van der Waals surface area contributed by atoms with Gasteiger partial charge in [-0.2, -0.15) is 4.98 Å². The molecule has 1 aromatic heterocycles. The lowest BCUT2D eigenvalue weighted by Crippen LogP contribution is -2.34. The normalized spacial score (nSPS) is 12.4. The molecule has 8 heteroatoms. The SMILES string of the molecule is CCC(Sc1nc(=O)c(=O)[nH]n1C)C(=O)O. The molecule has 1 heterocycles. The maximum Gasteiger partial charge on any atom is 0.339 e. The number of H-pyrrole nitrogens is 1. The molecule has 16 heavy (non-hydrogen) atoms. The van der Waals surface area contributed by atoms with Crippen LogP contribution in [0.3, 0.4) is 0 Å². The first-order valence-electron chi connectivity index (χ1n) is 4.52. The smallest absolute Gasteiger partial charge is 0.339 e. The third-order valence-electron chi connectivity index (χ3n) is 1.84. The van der Waals surface area contributed by atoms with Crippen molar-refractivity contribution in [3.8, 4) is 0 Å². The fourth-order valence-corrected chi connectivity index (χ4v) is 1.86. The quantitative estimate of drug-likeness (QED) is 0.543. The van der Waals surface area contributed by atoms with Gasteiger partial charge in [0.15, 0.2) is 5.16 Å². The van der Waals surface area contributed by atoms with E-state index in [4.69, 9.17) is 5.11 Å². The van der Waals surface area contributed by atoms with Gasteiger partial charge in [0.1, 0.15) is 5.25 Å². The fraction of sp³-hybridized carbons (Fsp3) is 0.500. The van der Waals surface area contributed by atoms with E-state index in [0.717, 1.165) is 11.8 Å². The number of nitrogens with zero attached hydrogens (tertiary/aromatic N) is 2. The van der Waals surface area contributed by atoms with E-state index in [9.17, 15) is 14.4 Å². The van der Waals surface area contributed by atoms with Crippen molar-refractivity contribution in [3.05, 3.63) is 20.7 Å². The first-order chi connectivity index (χ1) is 7.45. The molecule has 0 aliphatic carbocycles. The minimum absolute atomic E-state index is 0.179. The van der Waals surface area contributed by atoms with E-state index in [1.165, 1.54) is 11.7 Å². The summed E-state index contributed by atoms with van der Waals surface area (Å²) in [5.41, 5.74) is -1.74. The average Bonchev–Trinajstić information content (AvgIpc) is 2.21. The molecule has 0 spiro atoms. The zero-order valence-electron chi connectivity index (χ0n) is 8.76.